The van der Waals surface area contributed by atoms with Crippen LogP contribution in [0.25, 0.3) is 0 Å². The Morgan fingerprint density at radius 1 is 1.43 bits per heavy atom. The first-order valence-electron chi connectivity index (χ1n) is 5.98. The van der Waals surface area contributed by atoms with Gasteiger partial charge in [-0.2, -0.15) is 18.4 Å². The van der Waals surface area contributed by atoms with Gasteiger partial charge in [0, 0.05) is 17.6 Å². The zero-order valence-electron chi connectivity index (χ0n) is 10.6. The van der Waals surface area contributed by atoms with Gasteiger partial charge in [0.25, 0.3) is 0 Å². The lowest BCUT2D eigenvalue weighted by molar-refractivity contribution is -0.187. The van der Waals surface area contributed by atoms with E-state index >= 15 is 0 Å². The van der Waals surface area contributed by atoms with Crippen molar-refractivity contribution < 1.29 is 23.1 Å². The fraction of sp³-hybridized carbons (Fsp3) is 0.385. The van der Waals surface area contributed by atoms with Crippen molar-refractivity contribution in [1.29, 1.82) is 5.26 Å². The monoisotopic (exact) mass is 362 g/mol. The van der Waals surface area contributed by atoms with E-state index in [-0.39, 0.29) is 12.1 Å². The van der Waals surface area contributed by atoms with Gasteiger partial charge >= 0.3 is 12.1 Å². The van der Waals surface area contributed by atoms with Crippen LogP contribution in [0.2, 0.25) is 0 Å². The number of rotatable bonds is 2. The van der Waals surface area contributed by atoms with E-state index in [1.165, 1.54) is 11.0 Å². The third-order valence-corrected chi connectivity index (χ3v) is 4.16. The molecule has 2 rings (SSSR count). The van der Waals surface area contributed by atoms with Gasteiger partial charge in [-0.15, -0.1) is 0 Å². The predicted molar refractivity (Wildman–Crippen MR) is 71.7 cm³/mol. The Morgan fingerprint density at radius 2 is 2.10 bits per heavy atom. The third-order valence-electron chi connectivity index (χ3n) is 3.50. The molecule has 0 spiro atoms. The first-order chi connectivity index (χ1) is 9.75. The van der Waals surface area contributed by atoms with Crippen LogP contribution in [0.15, 0.2) is 22.7 Å². The average Bonchev–Trinajstić information content (AvgIpc) is 2.83. The number of aliphatic carboxylic acids is 1. The van der Waals surface area contributed by atoms with Crippen molar-refractivity contribution in [2.75, 3.05) is 18.0 Å². The number of nitrogens with zero attached hydrogens (tertiary/aromatic N) is 2. The van der Waals surface area contributed by atoms with Crippen molar-refractivity contribution in [3.8, 4) is 6.07 Å². The quantitative estimate of drug-likeness (QED) is 0.878. The summed E-state index contributed by atoms with van der Waals surface area (Å²) in [6.07, 6.45) is -4.59. The van der Waals surface area contributed by atoms with Crippen LogP contribution in [-0.2, 0) is 4.79 Å². The molecule has 0 amide bonds. The van der Waals surface area contributed by atoms with Crippen LogP contribution in [0, 0.1) is 23.2 Å². The number of carboxylic acids is 1. The molecule has 0 aliphatic carbocycles. The molecule has 0 aromatic heterocycles. The molecule has 0 unspecified atom stereocenters. The maximum absolute atomic E-state index is 13.0. The van der Waals surface area contributed by atoms with Crippen molar-refractivity contribution in [3.05, 3.63) is 28.2 Å². The highest BCUT2D eigenvalue weighted by molar-refractivity contribution is 9.10. The van der Waals surface area contributed by atoms with Crippen LogP contribution in [0.1, 0.15) is 5.56 Å². The van der Waals surface area contributed by atoms with E-state index in [0.29, 0.717) is 10.2 Å². The van der Waals surface area contributed by atoms with Gasteiger partial charge in [0.15, 0.2) is 0 Å². The number of anilines is 1. The van der Waals surface area contributed by atoms with Crippen LogP contribution >= 0.6 is 15.9 Å². The molecule has 1 aromatic rings. The number of carbonyl (C=O) groups is 1. The highest BCUT2D eigenvalue weighted by atomic mass is 79.9. The second-order valence-corrected chi connectivity index (χ2v) is 5.60. The second-order valence-electron chi connectivity index (χ2n) is 4.74. The van der Waals surface area contributed by atoms with Gasteiger partial charge in [-0.05, 0) is 28.1 Å². The van der Waals surface area contributed by atoms with Crippen molar-refractivity contribution >= 4 is 27.6 Å². The highest BCUT2D eigenvalue weighted by Gasteiger charge is 2.52. The van der Waals surface area contributed by atoms with E-state index in [9.17, 15) is 18.0 Å². The first kappa shape index (κ1) is 15.6. The van der Waals surface area contributed by atoms with Crippen LogP contribution in [0.3, 0.4) is 0 Å². The molecular formula is C13H10BrF3N2O2. The van der Waals surface area contributed by atoms with E-state index in [4.69, 9.17) is 10.4 Å². The van der Waals surface area contributed by atoms with E-state index in [1.807, 2.05) is 6.07 Å². The van der Waals surface area contributed by atoms with Crippen molar-refractivity contribution in [2.45, 2.75) is 6.18 Å². The molecule has 0 saturated carbocycles. The number of benzene rings is 1. The molecule has 1 aliphatic rings. The number of carboxylic acid groups (broad SMARTS) is 1. The zero-order chi connectivity index (χ0) is 15.8. The SMILES string of the molecule is N#Cc1c(Br)cccc1N1C[C@@H](C(F)(F)F)[C@H](C(=O)O)C1. The summed E-state index contributed by atoms with van der Waals surface area (Å²) in [6.45, 7) is -0.740. The molecule has 2 atom stereocenters. The zero-order valence-corrected chi connectivity index (χ0v) is 12.1. The van der Waals surface area contributed by atoms with Gasteiger partial charge in [0.1, 0.15) is 6.07 Å². The van der Waals surface area contributed by atoms with Crippen molar-refractivity contribution in [1.82, 2.24) is 0 Å². The molecule has 21 heavy (non-hydrogen) atoms. The molecule has 1 N–H and O–H groups in total. The first-order valence-corrected chi connectivity index (χ1v) is 6.78. The van der Waals surface area contributed by atoms with Gasteiger partial charge < -0.3 is 10.0 Å². The Labute approximate surface area is 126 Å². The number of hydrogen-bond acceptors (Lipinski definition) is 3. The molecule has 1 aliphatic heterocycles. The van der Waals surface area contributed by atoms with Crippen LogP contribution in [0.5, 0.6) is 0 Å². The third kappa shape index (κ3) is 2.97. The summed E-state index contributed by atoms with van der Waals surface area (Å²) < 4.78 is 39.3. The Balaban J connectivity index is 2.39. The largest absolute Gasteiger partial charge is 0.481 e. The van der Waals surface area contributed by atoms with E-state index in [1.54, 1.807) is 12.1 Å². The number of nitriles is 1. The minimum Gasteiger partial charge on any atom is -0.481 e. The van der Waals surface area contributed by atoms with E-state index < -0.39 is 30.5 Å². The Hall–Kier alpha value is -1.75. The molecule has 1 aromatic carbocycles. The molecule has 112 valence electrons. The fourth-order valence-electron chi connectivity index (χ4n) is 2.47. The van der Waals surface area contributed by atoms with Crippen LogP contribution in [-0.4, -0.2) is 30.3 Å². The molecule has 1 heterocycles. The summed E-state index contributed by atoms with van der Waals surface area (Å²) in [5.41, 5.74) is 0.509. The summed E-state index contributed by atoms with van der Waals surface area (Å²) in [5, 5.41) is 18.1. The van der Waals surface area contributed by atoms with Gasteiger partial charge in [0.05, 0.1) is 23.1 Å². The van der Waals surface area contributed by atoms with E-state index in [2.05, 4.69) is 15.9 Å². The number of hydrogen-bond donors (Lipinski definition) is 1. The molecule has 4 nitrogen and oxygen atoms in total. The molecule has 0 bridgehead atoms. The maximum atomic E-state index is 13.0. The smallest absolute Gasteiger partial charge is 0.394 e. The standard InChI is InChI=1S/C13H10BrF3N2O2/c14-10-2-1-3-11(7(10)4-18)19-5-8(12(20)21)9(6-19)13(15,16)17/h1-3,8-9H,5-6H2,(H,20,21)/t8-,9-/m1/s1. The van der Waals surface area contributed by atoms with Gasteiger partial charge in [-0.25, -0.2) is 0 Å². The van der Waals surface area contributed by atoms with Crippen LogP contribution in [0.4, 0.5) is 18.9 Å². The maximum Gasteiger partial charge on any atom is 0.394 e. The molecule has 8 heteroatoms. The fourth-order valence-corrected chi connectivity index (χ4v) is 2.91. The topological polar surface area (TPSA) is 64.3 Å². The molecule has 0 radical (unpaired) electrons. The Kier molecular flexibility index (Phi) is 4.14. The Morgan fingerprint density at radius 3 is 2.57 bits per heavy atom. The minimum atomic E-state index is -4.59. The van der Waals surface area contributed by atoms with Gasteiger partial charge in [-0.1, -0.05) is 6.07 Å². The Bertz CT molecular complexity index is 612. The van der Waals surface area contributed by atoms with Crippen molar-refractivity contribution in [3.63, 3.8) is 0 Å². The predicted octanol–water partition coefficient (Wildman–Crippen LogP) is 3.02. The normalized spacial score (nSPS) is 22.1. The molecule has 1 saturated heterocycles. The van der Waals surface area contributed by atoms with Gasteiger partial charge in [0.2, 0.25) is 0 Å². The van der Waals surface area contributed by atoms with Gasteiger partial charge in [-0.3, -0.25) is 4.79 Å². The number of alkyl halides is 3. The lowest BCUT2D eigenvalue weighted by Crippen LogP contribution is -2.33. The lowest BCUT2D eigenvalue weighted by atomic mass is 9.96. The number of halogens is 4. The second kappa shape index (κ2) is 5.56. The minimum absolute atomic E-state index is 0.199. The summed E-state index contributed by atoms with van der Waals surface area (Å²) >= 11 is 3.17. The summed E-state index contributed by atoms with van der Waals surface area (Å²) in [6, 6.07) is 6.64. The molecular weight excluding hydrogens is 353 g/mol. The van der Waals surface area contributed by atoms with Crippen LogP contribution < -0.4 is 4.90 Å². The van der Waals surface area contributed by atoms with E-state index in [0.717, 1.165) is 0 Å². The summed E-state index contributed by atoms with van der Waals surface area (Å²) in [7, 11) is 0. The lowest BCUT2D eigenvalue weighted by Gasteiger charge is -2.21. The summed E-state index contributed by atoms with van der Waals surface area (Å²) in [4.78, 5) is 12.4. The average molecular weight is 363 g/mol. The summed E-state index contributed by atoms with van der Waals surface area (Å²) in [5.74, 6) is -4.95. The molecule has 1 fully saturated rings. The van der Waals surface area contributed by atoms with Crippen molar-refractivity contribution in [2.24, 2.45) is 11.8 Å². The highest BCUT2D eigenvalue weighted by Crippen LogP contribution is 2.40.